The molecule has 0 amide bonds. The standard InChI is InChI=1S/C20H23FN5O/c1-26(2)9-8-18(25-12-26)27-20-14(13-4-3-5-13)6-7-15(19(20)21)16-10-24-17(22)11-23-16/h6-8,10-13H,3-5,9H2,1-2H3,(H2,22,24)/q+1. The molecule has 1 saturated carbocycles. The predicted molar refractivity (Wildman–Crippen MR) is 103 cm³/mol. The summed E-state index contributed by atoms with van der Waals surface area (Å²) in [6, 6.07) is 3.68. The molecular weight excluding hydrogens is 345 g/mol. The first-order valence-corrected chi connectivity index (χ1v) is 9.09. The lowest BCUT2D eigenvalue weighted by atomic mass is 9.79. The molecule has 1 fully saturated rings. The number of hydrogen-bond donors (Lipinski definition) is 1. The van der Waals surface area contributed by atoms with Crippen molar-refractivity contribution in [2.24, 2.45) is 4.99 Å². The van der Waals surface area contributed by atoms with Crippen LogP contribution in [0.5, 0.6) is 5.75 Å². The topological polar surface area (TPSA) is 73.4 Å². The van der Waals surface area contributed by atoms with Crippen molar-refractivity contribution in [3.63, 3.8) is 0 Å². The summed E-state index contributed by atoms with van der Waals surface area (Å²) < 4.78 is 22.0. The molecule has 0 radical (unpaired) electrons. The molecule has 2 aliphatic rings. The Hall–Kier alpha value is -2.80. The third kappa shape index (κ3) is 3.55. The van der Waals surface area contributed by atoms with Crippen molar-refractivity contribution >= 4 is 12.2 Å². The van der Waals surface area contributed by atoms with Gasteiger partial charge in [-0.25, -0.2) is 9.37 Å². The van der Waals surface area contributed by atoms with Crippen molar-refractivity contribution in [3.8, 4) is 17.0 Å². The maximum Gasteiger partial charge on any atom is 0.225 e. The molecule has 140 valence electrons. The zero-order valence-electron chi connectivity index (χ0n) is 15.5. The third-order valence-corrected chi connectivity index (χ3v) is 5.06. The highest BCUT2D eigenvalue weighted by Crippen LogP contribution is 2.44. The summed E-state index contributed by atoms with van der Waals surface area (Å²) >= 11 is 0. The molecule has 0 saturated heterocycles. The summed E-state index contributed by atoms with van der Waals surface area (Å²) in [5.41, 5.74) is 7.25. The number of nitrogens with two attached hydrogens (primary N) is 1. The molecular formula is C20H23FN5O+. The Morgan fingerprint density at radius 2 is 2.00 bits per heavy atom. The highest BCUT2D eigenvalue weighted by Gasteiger charge is 2.28. The number of aliphatic imine (C=N–C) groups is 1. The van der Waals surface area contributed by atoms with Crippen LogP contribution >= 0.6 is 0 Å². The fraction of sp³-hybridized carbons (Fsp3) is 0.350. The Labute approximate surface area is 157 Å². The van der Waals surface area contributed by atoms with E-state index in [9.17, 15) is 0 Å². The van der Waals surface area contributed by atoms with Gasteiger partial charge in [0.15, 0.2) is 17.9 Å². The molecule has 1 aromatic heterocycles. The van der Waals surface area contributed by atoms with Gasteiger partial charge in [-0.3, -0.25) is 9.47 Å². The van der Waals surface area contributed by atoms with E-state index in [-0.39, 0.29) is 5.75 Å². The van der Waals surface area contributed by atoms with Crippen LogP contribution in [0.1, 0.15) is 30.7 Å². The van der Waals surface area contributed by atoms with Gasteiger partial charge in [-0.2, -0.15) is 4.99 Å². The first-order valence-electron chi connectivity index (χ1n) is 9.09. The maximum atomic E-state index is 15.4. The van der Waals surface area contributed by atoms with E-state index >= 15 is 4.39 Å². The van der Waals surface area contributed by atoms with Crippen molar-refractivity contribution in [3.05, 3.63) is 47.9 Å². The van der Waals surface area contributed by atoms with Gasteiger partial charge in [-0.05, 0) is 24.8 Å². The number of ether oxygens (including phenoxy) is 1. The molecule has 7 heteroatoms. The molecule has 1 aromatic carbocycles. The van der Waals surface area contributed by atoms with Gasteiger partial charge < -0.3 is 10.5 Å². The fourth-order valence-corrected chi connectivity index (χ4v) is 3.19. The van der Waals surface area contributed by atoms with E-state index in [0.717, 1.165) is 31.4 Å². The normalized spacial score (nSPS) is 18.7. The quantitative estimate of drug-likeness (QED) is 0.839. The number of rotatable bonds is 4. The van der Waals surface area contributed by atoms with Crippen molar-refractivity contribution < 1.29 is 13.6 Å². The average molecular weight is 368 g/mol. The lowest BCUT2D eigenvalue weighted by molar-refractivity contribution is -0.786. The summed E-state index contributed by atoms with van der Waals surface area (Å²) in [5, 5.41) is 0. The van der Waals surface area contributed by atoms with Gasteiger partial charge in [0.2, 0.25) is 5.88 Å². The van der Waals surface area contributed by atoms with Crippen molar-refractivity contribution in [2.75, 3.05) is 26.4 Å². The van der Waals surface area contributed by atoms with E-state index in [1.807, 2.05) is 26.2 Å². The van der Waals surface area contributed by atoms with Gasteiger partial charge in [-0.15, -0.1) is 0 Å². The van der Waals surface area contributed by atoms with Crippen LogP contribution in [0.2, 0.25) is 0 Å². The Balaban J connectivity index is 1.73. The number of likely N-dealkylation sites (N-methyl/N-ethyl adjacent to an activating group) is 1. The largest absolute Gasteiger partial charge is 0.436 e. The van der Waals surface area contributed by atoms with E-state index in [1.54, 1.807) is 12.4 Å². The van der Waals surface area contributed by atoms with Crippen molar-refractivity contribution in [1.82, 2.24) is 9.97 Å². The number of nitrogen functional groups attached to an aromatic ring is 1. The Morgan fingerprint density at radius 1 is 1.19 bits per heavy atom. The number of hydrogen-bond acceptors (Lipinski definition) is 5. The molecule has 0 bridgehead atoms. The van der Waals surface area contributed by atoms with Crippen LogP contribution in [0.25, 0.3) is 11.3 Å². The van der Waals surface area contributed by atoms with E-state index in [1.165, 1.54) is 12.4 Å². The molecule has 2 heterocycles. The van der Waals surface area contributed by atoms with Crippen LogP contribution in [0.15, 0.2) is 41.5 Å². The van der Waals surface area contributed by atoms with Crippen molar-refractivity contribution in [1.29, 1.82) is 0 Å². The molecule has 27 heavy (non-hydrogen) atoms. The van der Waals surface area contributed by atoms with Crippen LogP contribution in [0.4, 0.5) is 10.2 Å². The number of anilines is 1. The average Bonchev–Trinajstić information content (AvgIpc) is 2.59. The van der Waals surface area contributed by atoms with Gasteiger partial charge in [0.25, 0.3) is 0 Å². The first-order chi connectivity index (χ1) is 12.9. The van der Waals surface area contributed by atoms with Gasteiger partial charge in [0.05, 0.1) is 32.2 Å². The predicted octanol–water partition coefficient (Wildman–Crippen LogP) is 3.47. The zero-order chi connectivity index (χ0) is 19.0. The molecule has 1 aliphatic carbocycles. The summed E-state index contributed by atoms with van der Waals surface area (Å²) in [5.74, 6) is 0.846. The summed E-state index contributed by atoms with van der Waals surface area (Å²) in [7, 11) is 4.08. The highest BCUT2D eigenvalue weighted by molar-refractivity contribution is 5.64. The van der Waals surface area contributed by atoms with Gasteiger partial charge in [0, 0.05) is 17.2 Å². The Bertz CT molecular complexity index is 917. The zero-order valence-corrected chi connectivity index (χ0v) is 15.5. The fourth-order valence-electron chi connectivity index (χ4n) is 3.19. The lowest BCUT2D eigenvalue weighted by Crippen LogP contribution is -2.40. The molecule has 0 spiro atoms. The number of aromatic nitrogens is 2. The first kappa shape index (κ1) is 17.6. The molecule has 0 unspecified atom stereocenters. The summed E-state index contributed by atoms with van der Waals surface area (Å²) in [6.07, 6.45) is 9.82. The third-order valence-electron chi connectivity index (χ3n) is 5.06. The number of halogens is 1. The molecule has 2 N–H and O–H groups in total. The molecule has 1 aliphatic heterocycles. The van der Waals surface area contributed by atoms with Gasteiger partial charge in [0.1, 0.15) is 12.4 Å². The minimum atomic E-state index is -0.436. The van der Waals surface area contributed by atoms with E-state index in [0.29, 0.717) is 33.4 Å². The number of benzene rings is 1. The van der Waals surface area contributed by atoms with Crippen LogP contribution < -0.4 is 10.5 Å². The van der Waals surface area contributed by atoms with E-state index < -0.39 is 5.82 Å². The van der Waals surface area contributed by atoms with E-state index in [4.69, 9.17) is 10.5 Å². The van der Waals surface area contributed by atoms with Crippen LogP contribution in [0, 0.1) is 5.82 Å². The molecule has 4 rings (SSSR count). The van der Waals surface area contributed by atoms with Gasteiger partial charge >= 0.3 is 0 Å². The van der Waals surface area contributed by atoms with E-state index in [2.05, 4.69) is 15.0 Å². The molecule has 0 atom stereocenters. The van der Waals surface area contributed by atoms with Crippen LogP contribution in [-0.2, 0) is 0 Å². The number of quaternary nitrogens is 1. The summed E-state index contributed by atoms with van der Waals surface area (Å²) in [6.45, 7) is 0.738. The lowest BCUT2D eigenvalue weighted by Gasteiger charge is -2.29. The number of nitrogens with zero attached hydrogens (tertiary/aromatic N) is 4. The van der Waals surface area contributed by atoms with Crippen molar-refractivity contribution in [2.45, 2.75) is 25.2 Å². The van der Waals surface area contributed by atoms with Gasteiger partial charge in [-0.1, -0.05) is 12.5 Å². The Morgan fingerprint density at radius 3 is 2.59 bits per heavy atom. The maximum absolute atomic E-state index is 15.4. The molecule has 6 nitrogen and oxygen atoms in total. The minimum Gasteiger partial charge on any atom is -0.436 e. The minimum absolute atomic E-state index is 0.242. The SMILES string of the molecule is C[N+]1(C)C=NC(Oc2c(C3CCC3)ccc(-c3cnc(N)cn3)c2F)=CC1. The second-order valence-corrected chi connectivity index (χ2v) is 7.65. The highest BCUT2D eigenvalue weighted by atomic mass is 19.1. The smallest absolute Gasteiger partial charge is 0.225 e. The Kier molecular flexibility index (Phi) is 4.39. The second kappa shape index (κ2) is 6.74. The van der Waals surface area contributed by atoms with Crippen LogP contribution in [-0.4, -0.2) is 41.4 Å². The van der Waals surface area contributed by atoms with Crippen LogP contribution in [0.3, 0.4) is 0 Å². The summed E-state index contributed by atoms with van der Waals surface area (Å²) in [4.78, 5) is 12.6. The molecule has 2 aromatic rings. The second-order valence-electron chi connectivity index (χ2n) is 7.65. The monoisotopic (exact) mass is 368 g/mol.